The minimum absolute atomic E-state index is 0.484. The van der Waals surface area contributed by atoms with Gasteiger partial charge in [-0.15, -0.1) is 0 Å². The van der Waals surface area contributed by atoms with Crippen LogP contribution in [-0.2, 0) is 19.4 Å². The summed E-state index contributed by atoms with van der Waals surface area (Å²) in [6.07, 6.45) is 4.89. The second-order valence-corrected chi connectivity index (χ2v) is 6.59. The first-order valence-electron chi connectivity index (χ1n) is 8.73. The van der Waals surface area contributed by atoms with E-state index in [9.17, 15) is 0 Å². The molecule has 1 N–H and O–H groups in total. The molecule has 24 heavy (non-hydrogen) atoms. The molecule has 0 aromatic carbocycles. The topological polar surface area (TPSA) is 71.8 Å². The Morgan fingerprint density at radius 3 is 2.79 bits per heavy atom. The Morgan fingerprint density at radius 1 is 1.12 bits per heavy atom. The van der Waals surface area contributed by atoms with Crippen molar-refractivity contribution in [3.8, 4) is 6.07 Å². The summed E-state index contributed by atoms with van der Waals surface area (Å²) in [7, 11) is 0. The van der Waals surface area contributed by atoms with Crippen molar-refractivity contribution in [1.82, 2.24) is 20.1 Å². The van der Waals surface area contributed by atoms with Gasteiger partial charge in [0.2, 0.25) is 0 Å². The van der Waals surface area contributed by atoms with Crippen LogP contribution < -0.4 is 4.90 Å². The molecule has 0 radical (unpaired) electrons. The van der Waals surface area contributed by atoms with Crippen molar-refractivity contribution >= 4 is 5.82 Å². The van der Waals surface area contributed by atoms with E-state index in [-0.39, 0.29) is 0 Å². The highest BCUT2D eigenvalue weighted by Crippen LogP contribution is 2.23. The number of hydrogen-bond acceptors (Lipinski definition) is 5. The number of piperazine rings is 1. The van der Waals surface area contributed by atoms with Crippen molar-refractivity contribution < 1.29 is 0 Å². The zero-order valence-electron chi connectivity index (χ0n) is 13.8. The Kier molecular flexibility index (Phi) is 4.18. The third-order valence-corrected chi connectivity index (χ3v) is 5.06. The molecule has 3 heterocycles. The molecule has 0 atom stereocenters. The lowest BCUT2D eigenvalue weighted by Crippen LogP contribution is -2.46. The van der Waals surface area contributed by atoms with E-state index in [0.717, 1.165) is 45.0 Å². The molecule has 0 saturated carbocycles. The molecule has 0 spiro atoms. The summed E-state index contributed by atoms with van der Waals surface area (Å²) in [5.74, 6) is 0.908. The van der Waals surface area contributed by atoms with E-state index in [1.807, 2.05) is 12.1 Å². The Balaban J connectivity index is 1.38. The van der Waals surface area contributed by atoms with Crippen molar-refractivity contribution in [3.63, 3.8) is 0 Å². The predicted molar refractivity (Wildman–Crippen MR) is 91.7 cm³/mol. The molecule has 1 aliphatic carbocycles. The number of rotatable bonds is 3. The highest BCUT2D eigenvalue weighted by molar-refractivity contribution is 5.42. The summed E-state index contributed by atoms with van der Waals surface area (Å²) in [6.45, 7) is 4.81. The van der Waals surface area contributed by atoms with E-state index in [4.69, 9.17) is 5.26 Å². The van der Waals surface area contributed by atoms with Crippen molar-refractivity contribution in [2.24, 2.45) is 0 Å². The molecule has 2 aliphatic rings. The second kappa shape index (κ2) is 6.62. The molecule has 1 fully saturated rings. The Hall–Kier alpha value is -2.39. The number of nitriles is 1. The van der Waals surface area contributed by atoms with E-state index >= 15 is 0 Å². The number of aromatic amines is 1. The monoisotopic (exact) mass is 322 g/mol. The molecule has 6 nitrogen and oxygen atoms in total. The number of H-pyrrole nitrogens is 1. The van der Waals surface area contributed by atoms with Crippen molar-refractivity contribution in [3.05, 3.63) is 40.8 Å². The lowest BCUT2D eigenvalue weighted by molar-refractivity contribution is 0.245. The van der Waals surface area contributed by atoms with Gasteiger partial charge in [0.05, 0.1) is 5.69 Å². The fourth-order valence-corrected chi connectivity index (χ4v) is 3.69. The highest BCUT2D eigenvalue weighted by atomic mass is 15.3. The van der Waals surface area contributed by atoms with Crippen LogP contribution in [0, 0.1) is 11.3 Å². The van der Waals surface area contributed by atoms with Gasteiger partial charge in [0.15, 0.2) is 0 Å². The molecule has 0 bridgehead atoms. The number of aryl methyl sites for hydroxylation is 1. The molecule has 0 unspecified atom stereocenters. The van der Waals surface area contributed by atoms with Crippen LogP contribution in [0.2, 0.25) is 0 Å². The molecule has 2 aromatic heterocycles. The van der Waals surface area contributed by atoms with Crippen LogP contribution in [0.5, 0.6) is 0 Å². The number of anilines is 1. The molecule has 0 amide bonds. The number of aromatic nitrogens is 3. The number of pyridine rings is 1. The standard InChI is InChI=1S/C18H22N6/c19-12-14-4-3-7-18(20-14)24-10-8-23(9-11-24)13-17-15-5-1-2-6-16(15)21-22-17/h3-4,7H,1-2,5-6,8-11,13H2,(H,21,22). The van der Waals surface area contributed by atoms with Gasteiger partial charge in [-0.05, 0) is 43.4 Å². The fraction of sp³-hybridized carbons (Fsp3) is 0.500. The average molecular weight is 322 g/mol. The quantitative estimate of drug-likeness (QED) is 0.934. The first-order valence-corrected chi connectivity index (χ1v) is 8.73. The van der Waals surface area contributed by atoms with Gasteiger partial charge in [-0.1, -0.05) is 6.07 Å². The SMILES string of the molecule is N#Cc1cccc(N2CCN(Cc3n[nH]c4c3CCCC4)CC2)n1. The van der Waals surface area contributed by atoms with Crippen LogP contribution in [0.25, 0.3) is 0 Å². The maximum atomic E-state index is 8.99. The van der Waals surface area contributed by atoms with Gasteiger partial charge >= 0.3 is 0 Å². The Morgan fingerprint density at radius 2 is 1.96 bits per heavy atom. The number of hydrogen-bond donors (Lipinski definition) is 1. The lowest BCUT2D eigenvalue weighted by Gasteiger charge is -2.35. The van der Waals surface area contributed by atoms with Crippen LogP contribution in [0.15, 0.2) is 18.2 Å². The van der Waals surface area contributed by atoms with Gasteiger partial charge in [-0.2, -0.15) is 10.4 Å². The number of nitrogens with zero attached hydrogens (tertiary/aromatic N) is 5. The summed E-state index contributed by atoms with van der Waals surface area (Å²) in [6, 6.07) is 7.76. The second-order valence-electron chi connectivity index (χ2n) is 6.59. The van der Waals surface area contributed by atoms with Gasteiger partial charge in [0, 0.05) is 38.4 Å². The normalized spacial score (nSPS) is 18.2. The predicted octanol–water partition coefficient (Wildman–Crippen LogP) is 1.88. The van der Waals surface area contributed by atoms with Gasteiger partial charge in [0.1, 0.15) is 17.6 Å². The smallest absolute Gasteiger partial charge is 0.142 e. The van der Waals surface area contributed by atoms with Crippen LogP contribution in [-0.4, -0.2) is 46.3 Å². The largest absolute Gasteiger partial charge is 0.354 e. The van der Waals surface area contributed by atoms with Crippen molar-refractivity contribution in [2.75, 3.05) is 31.1 Å². The first kappa shape index (κ1) is 15.2. The van der Waals surface area contributed by atoms with Crippen molar-refractivity contribution in [2.45, 2.75) is 32.2 Å². The molecular formula is C18H22N6. The average Bonchev–Trinajstić information content (AvgIpc) is 3.05. The summed E-state index contributed by atoms with van der Waals surface area (Å²) < 4.78 is 0. The maximum absolute atomic E-state index is 8.99. The van der Waals surface area contributed by atoms with E-state index < -0.39 is 0 Å². The Labute approximate surface area is 142 Å². The van der Waals surface area contributed by atoms with E-state index in [0.29, 0.717) is 5.69 Å². The van der Waals surface area contributed by atoms with Gasteiger partial charge in [-0.3, -0.25) is 10.00 Å². The molecule has 1 aliphatic heterocycles. The first-order chi connectivity index (χ1) is 11.8. The lowest BCUT2D eigenvalue weighted by atomic mass is 9.96. The van der Waals surface area contributed by atoms with Gasteiger partial charge in [-0.25, -0.2) is 4.98 Å². The van der Waals surface area contributed by atoms with Crippen LogP contribution in [0.4, 0.5) is 5.82 Å². The van der Waals surface area contributed by atoms with Crippen LogP contribution in [0.1, 0.15) is 35.5 Å². The number of fused-ring (bicyclic) bond motifs is 1. The zero-order chi connectivity index (χ0) is 16.4. The third-order valence-electron chi connectivity index (χ3n) is 5.06. The van der Waals surface area contributed by atoms with Gasteiger partial charge < -0.3 is 4.90 Å². The maximum Gasteiger partial charge on any atom is 0.142 e. The molecule has 2 aromatic rings. The van der Waals surface area contributed by atoms with Crippen LogP contribution in [0.3, 0.4) is 0 Å². The van der Waals surface area contributed by atoms with E-state index in [1.165, 1.54) is 36.2 Å². The molecule has 6 heteroatoms. The molecular weight excluding hydrogens is 300 g/mol. The number of nitrogens with one attached hydrogen (secondary N) is 1. The zero-order valence-corrected chi connectivity index (χ0v) is 13.8. The van der Waals surface area contributed by atoms with E-state index in [1.54, 1.807) is 6.07 Å². The van der Waals surface area contributed by atoms with Gasteiger partial charge in [0.25, 0.3) is 0 Å². The Bertz CT molecular complexity index is 751. The minimum atomic E-state index is 0.484. The summed E-state index contributed by atoms with van der Waals surface area (Å²) in [5, 5.41) is 16.8. The van der Waals surface area contributed by atoms with Crippen LogP contribution >= 0.6 is 0 Å². The molecule has 1 saturated heterocycles. The minimum Gasteiger partial charge on any atom is -0.354 e. The summed E-state index contributed by atoms with van der Waals surface area (Å²) in [5.41, 5.74) is 4.54. The summed E-state index contributed by atoms with van der Waals surface area (Å²) in [4.78, 5) is 9.13. The summed E-state index contributed by atoms with van der Waals surface area (Å²) >= 11 is 0. The highest BCUT2D eigenvalue weighted by Gasteiger charge is 2.22. The van der Waals surface area contributed by atoms with E-state index in [2.05, 4.69) is 31.1 Å². The fourth-order valence-electron chi connectivity index (χ4n) is 3.69. The molecule has 4 rings (SSSR count). The third kappa shape index (κ3) is 3.00. The van der Waals surface area contributed by atoms with Crippen molar-refractivity contribution in [1.29, 1.82) is 5.26 Å². The molecule has 124 valence electrons.